The van der Waals surface area contributed by atoms with Gasteiger partial charge < -0.3 is 4.74 Å². The van der Waals surface area contributed by atoms with E-state index in [0.717, 1.165) is 4.90 Å². The van der Waals surface area contributed by atoms with Crippen LogP contribution in [0.2, 0.25) is 0 Å². The van der Waals surface area contributed by atoms with Crippen LogP contribution in [0.25, 0.3) is 0 Å². The van der Waals surface area contributed by atoms with Crippen LogP contribution in [0.5, 0.6) is 5.75 Å². The molecule has 0 aromatic heterocycles. The van der Waals surface area contributed by atoms with Crippen molar-refractivity contribution in [3.63, 3.8) is 0 Å². The monoisotopic (exact) mass is 418 g/mol. The Kier molecular flexibility index (Phi) is 5.08. The molecule has 2 aromatic rings. The van der Waals surface area contributed by atoms with Gasteiger partial charge in [-0.3, -0.25) is 19.7 Å². The minimum Gasteiger partial charge on any atom is -0.497 e. The quantitative estimate of drug-likeness (QED) is 0.605. The first kappa shape index (κ1) is 20.0. The van der Waals surface area contributed by atoms with E-state index in [1.807, 2.05) is 6.07 Å². The number of hydrogen-bond acceptors (Lipinski definition) is 6. The van der Waals surface area contributed by atoms with Crippen LogP contribution in [0.15, 0.2) is 71.3 Å². The summed E-state index contributed by atoms with van der Waals surface area (Å²) in [5, 5.41) is 7.64. The molecule has 0 radical (unpaired) electrons. The third-order valence-electron chi connectivity index (χ3n) is 4.95. The Balaban J connectivity index is 1.65. The maximum Gasteiger partial charge on any atom is 0.335 e. The Hall–Kier alpha value is -4.27. The van der Waals surface area contributed by atoms with Crippen LogP contribution in [-0.2, 0) is 14.4 Å². The van der Waals surface area contributed by atoms with E-state index in [1.165, 1.54) is 30.3 Å². The highest BCUT2D eigenvalue weighted by Crippen LogP contribution is 2.27. The molecule has 9 nitrogen and oxygen atoms in total. The van der Waals surface area contributed by atoms with Gasteiger partial charge in [-0.25, -0.2) is 9.69 Å². The molecule has 4 rings (SSSR count). The summed E-state index contributed by atoms with van der Waals surface area (Å²) >= 11 is 0. The van der Waals surface area contributed by atoms with Crippen molar-refractivity contribution in [3.8, 4) is 5.75 Å². The molecule has 2 aromatic carbocycles. The lowest BCUT2D eigenvalue weighted by Gasteiger charge is -2.26. The number of methoxy groups -OCH3 is 1. The molecule has 1 atom stereocenters. The summed E-state index contributed by atoms with van der Waals surface area (Å²) in [7, 11) is 1.49. The van der Waals surface area contributed by atoms with Crippen molar-refractivity contribution in [2.75, 3.05) is 17.0 Å². The summed E-state index contributed by atoms with van der Waals surface area (Å²) in [6.07, 6.45) is 1.25. The van der Waals surface area contributed by atoms with Crippen molar-refractivity contribution in [2.45, 2.75) is 6.92 Å². The van der Waals surface area contributed by atoms with Gasteiger partial charge in [0.15, 0.2) is 0 Å². The first-order valence-corrected chi connectivity index (χ1v) is 9.40. The standard InChI is InChI=1S/C22H18N4O5/c1-13-17(21(29)26(24-13)15-6-4-3-5-7-15)12-18-19(27)23-22(30)25(20(18)28)14-8-10-16(31-2)11-9-14/h3-12,17H,1-2H3,(H,23,27,30)/b18-12+. The highest BCUT2D eigenvalue weighted by atomic mass is 16.5. The molecule has 5 amide bonds. The SMILES string of the molecule is COc1ccc(N2C(=O)NC(=O)/C(=C\C3C(=O)N(c4ccccc4)N=C3C)C2=O)cc1. The van der Waals surface area contributed by atoms with Gasteiger partial charge in [0.1, 0.15) is 11.3 Å². The van der Waals surface area contributed by atoms with E-state index >= 15 is 0 Å². The highest BCUT2D eigenvalue weighted by molar-refractivity contribution is 6.38. The summed E-state index contributed by atoms with van der Waals surface area (Å²) in [4.78, 5) is 51.5. The van der Waals surface area contributed by atoms with Crippen molar-refractivity contribution in [3.05, 3.63) is 66.2 Å². The first-order valence-electron chi connectivity index (χ1n) is 9.40. The minimum atomic E-state index is -0.907. The van der Waals surface area contributed by atoms with Gasteiger partial charge in [-0.15, -0.1) is 0 Å². The Labute approximate surface area is 177 Å². The van der Waals surface area contributed by atoms with Crippen LogP contribution in [0, 0.1) is 5.92 Å². The van der Waals surface area contributed by atoms with Crippen LogP contribution in [0.1, 0.15) is 6.92 Å². The molecule has 2 heterocycles. The van der Waals surface area contributed by atoms with Gasteiger partial charge in [0.2, 0.25) is 0 Å². The fourth-order valence-corrected chi connectivity index (χ4v) is 3.34. The van der Waals surface area contributed by atoms with Gasteiger partial charge in [-0.1, -0.05) is 18.2 Å². The van der Waals surface area contributed by atoms with Gasteiger partial charge >= 0.3 is 6.03 Å². The van der Waals surface area contributed by atoms with Crippen molar-refractivity contribution in [1.29, 1.82) is 0 Å². The van der Waals surface area contributed by atoms with E-state index in [1.54, 1.807) is 43.3 Å². The predicted octanol–water partition coefficient (Wildman–Crippen LogP) is 2.24. The normalized spacial score (nSPS) is 20.3. The van der Waals surface area contributed by atoms with Gasteiger partial charge in [-0.2, -0.15) is 10.1 Å². The summed E-state index contributed by atoms with van der Waals surface area (Å²) in [6.45, 7) is 1.64. The molecular weight excluding hydrogens is 400 g/mol. The van der Waals surface area contributed by atoms with Crippen LogP contribution < -0.4 is 20.0 Å². The number of nitrogens with one attached hydrogen (secondary N) is 1. The lowest BCUT2D eigenvalue weighted by atomic mass is 9.98. The van der Waals surface area contributed by atoms with E-state index in [4.69, 9.17) is 4.74 Å². The van der Waals surface area contributed by atoms with Crippen LogP contribution in [0.4, 0.5) is 16.2 Å². The Bertz CT molecular complexity index is 1140. The average Bonchev–Trinajstić information content (AvgIpc) is 3.05. The number of amides is 5. The van der Waals surface area contributed by atoms with Crippen molar-refractivity contribution >= 4 is 40.8 Å². The third kappa shape index (κ3) is 3.57. The number of urea groups is 1. The van der Waals surface area contributed by atoms with Crippen LogP contribution in [-0.4, -0.2) is 36.6 Å². The number of nitrogens with zero attached hydrogens (tertiary/aromatic N) is 3. The zero-order valence-corrected chi connectivity index (χ0v) is 16.7. The van der Waals surface area contributed by atoms with E-state index in [9.17, 15) is 19.2 Å². The molecule has 1 saturated heterocycles. The fourth-order valence-electron chi connectivity index (χ4n) is 3.34. The molecule has 31 heavy (non-hydrogen) atoms. The zero-order valence-electron chi connectivity index (χ0n) is 16.7. The van der Waals surface area contributed by atoms with Crippen molar-refractivity contribution < 1.29 is 23.9 Å². The number of ether oxygens (including phenoxy) is 1. The van der Waals surface area contributed by atoms with Crippen molar-refractivity contribution in [2.24, 2.45) is 11.0 Å². The molecule has 1 fully saturated rings. The molecule has 156 valence electrons. The molecule has 2 aliphatic rings. The molecular formula is C22H18N4O5. The number of rotatable bonds is 4. The zero-order chi connectivity index (χ0) is 22.1. The van der Waals surface area contributed by atoms with Crippen molar-refractivity contribution in [1.82, 2.24) is 5.32 Å². The molecule has 0 aliphatic carbocycles. The number of hydrogen-bond donors (Lipinski definition) is 1. The number of imide groups is 2. The molecule has 1 N–H and O–H groups in total. The lowest BCUT2D eigenvalue weighted by Crippen LogP contribution is -2.54. The Morgan fingerprint density at radius 2 is 1.65 bits per heavy atom. The van der Waals surface area contributed by atoms with Gasteiger partial charge in [-0.05, 0) is 49.4 Å². The van der Waals surface area contributed by atoms with E-state index in [-0.39, 0.29) is 11.3 Å². The lowest BCUT2D eigenvalue weighted by molar-refractivity contribution is -0.122. The smallest absolute Gasteiger partial charge is 0.335 e. The molecule has 0 spiro atoms. The Morgan fingerprint density at radius 3 is 2.29 bits per heavy atom. The number of benzene rings is 2. The maximum atomic E-state index is 13.0. The topological polar surface area (TPSA) is 108 Å². The number of para-hydroxylation sites is 1. The maximum absolute atomic E-state index is 13.0. The molecule has 0 saturated carbocycles. The number of carbonyl (C=O) groups is 4. The first-order chi connectivity index (χ1) is 14.9. The second-order valence-electron chi connectivity index (χ2n) is 6.88. The van der Waals surface area contributed by atoms with Gasteiger partial charge in [0.05, 0.1) is 30.1 Å². The highest BCUT2D eigenvalue weighted by Gasteiger charge is 2.40. The second kappa shape index (κ2) is 7.86. The predicted molar refractivity (Wildman–Crippen MR) is 113 cm³/mol. The number of carbonyl (C=O) groups excluding carboxylic acids is 4. The number of barbiturate groups is 1. The fraction of sp³-hybridized carbons (Fsp3) is 0.136. The summed E-state index contributed by atoms with van der Waals surface area (Å²) in [6, 6.07) is 14.2. The van der Waals surface area contributed by atoms with Gasteiger partial charge in [0, 0.05) is 0 Å². The van der Waals surface area contributed by atoms with E-state index in [2.05, 4.69) is 10.4 Å². The van der Waals surface area contributed by atoms with Crippen LogP contribution in [0.3, 0.4) is 0 Å². The summed E-state index contributed by atoms with van der Waals surface area (Å²) in [5.74, 6) is -2.44. The molecule has 2 aliphatic heterocycles. The molecule has 0 bridgehead atoms. The Morgan fingerprint density at radius 1 is 0.968 bits per heavy atom. The third-order valence-corrected chi connectivity index (χ3v) is 4.95. The van der Waals surface area contributed by atoms with Gasteiger partial charge in [0.25, 0.3) is 17.7 Å². The summed E-state index contributed by atoms with van der Waals surface area (Å²) < 4.78 is 5.08. The second-order valence-corrected chi connectivity index (χ2v) is 6.88. The van der Waals surface area contributed by atoms with Crippen LogP contribution >= 0.6 is 0 Å². The molecule has 1 unspecified atom stereocenters. The summed E-state index contributed by atoms with van der Waals surface area (Å²) in [5.41, 5.74) is 0.950. The molecule has 9 heteroatoms. The number of hydrazone groups is 1. The van der Waals surface area contributed by atoms with E-state index < -0.39 is 29.7 Å². The average molecular weight is 418 g/mol. The number of anilines is 2. The van der Waals surface area contributed by atoms with E-state index in [0.29, 0.717) is 17.1 Å². The largest absolute Gasteiger partial charge is 0.497 e. The minimum absolute atomic E-state index is 0.260.